The minimum absolute atomic E-state index is 0.436. The van der Waals surface area contributed by atoms with Gasteiger partial charge in [0.05, 0.1) is 12.7 Å². The van der Waals surface area contributed by atoms with Gasteiger partial charge in [-0.15, -0.1) is 5.10 Å². The molecule has 0 saturated carbocycles. The third-order valence-corrected chi connectivity index (χ3v) is 4.48. The molecular formula is C18H20N6O. The summed E-state index contributed by atoms with van der Waals surface area (Å²) in [7, 11) is 0. The van der Waals surface area contributed by atoms with Crippen molar-refractivity contribution >= 4 is 5.82 Å². The average Bonchev–Trinajstić information content (AvgIpc) is 3.26. The summed E-state index contributed by atoms with van der Waals surface area (Å²) in [5.41, 5.74) is 0.363. The molecule has 128 valence electrons. The molecule has 4 rings (SSSR count). The summed E-state index contributed by atoms with van der Waals surface area (Å²) >= 11 is 0. The highest BCUT2D eigenvalue weighted by atomic mass is 16.3. The van der Waals surface area contributed by atoms with Crippen molar-refractivity contribution < 1.29 is 5.11 Å². The molecule has 1 aliphatic rings. The Kier molecular flexibility index (Phi) is 4.15. The Morgan fingerprint density at radius 2 is 2.00 bits per heavy atom. The van der Waals surface area contributed by atoms with Crippen molar-refractivity contribution in [3.8, 4) is 0 Å². The molecule has 0 spiro atoms. The number of aliphatic hydroxyl groups is 1. The number of nitrogens with zero attached hydrogens (tertiary/aromatic N) is 6. The van der Waals surface area contributed by atoms with Crippen LogP contribution < -0.4 is 4.90 Å². The summed E-state index contributed by atoms with van der Waals surface area (Å²) in [6.07, 6.45) is 6.55. The van der Waals surface area contributed by atoms with E-state index in [1.54, 1.807) is 23.3 Å². The normalized spacial score (nSPS) is 20.1. The number of β-amino-alcohol motifs (C(OH)–C–C–N with tert-alkyl or cyclic N) is 1. The largest absolute Gasteiger partial charge is 0.386 e. The van der Waals surface area contributed by atoms with E-state index >= 15 is 0 Å². The van der Waals surface area contributed by atoms with Crippen LogP contribution in [0.1, 0.15) is 17.8 Å². The molecule has 25 heavy (non-hydrogen) atoms. The van der Waals surface area contributed by atoms with Gasteiger partial charge >= 0.3 is 0 Å². The molecule has 3 aromatic rings. The molecule has 1 atom stereocenters. The molecule has 7 nitrogen and oxygen atoms in total. The standard InChI is InChI=1S/C18H20N6O/c25-18(14-24-11-9-20-22-24)7-10-23(13-18)17-6-8-19-16(21-17)12-15-4-2-1-3-5-15/h1-6,8-9,11,25H,7,10,12-14H2. The van der Waals surface area contributed by atoms with Crippen molar-refractivity contribution in [1.29, 1.82) is 0 Å². The van der Waals surface area contributed by atoms with Crippen molar-refractivity contribution in [1.82, 2.24) is 25.0 Å². The summed E-state index contributed by atoms with van der Waals surface area (Å²) in [5, 5.41) is 18.6. The first-order chi connectivity index (χ1) is 12.2. The first-order valence-electron chi connectivity index (χ1n) is 8.38. The van der Waals surface area contributed by atoms with Gasteiger partial charge in [0.2, 0.25) is 0 Å². The van der Waals surface area contributed by atoms with Crippen LogP contribution in [0.4, 0.5) is 5.82 Å². The zero-order chi connectivity index (χ0) is 17.1. The Labute approximate surface area is 146 Å². The molecule has 1 fully saturated rings. The molecule has 3 heterocycles. The molecule has 0 aliphatic carbocycles. The maximum Gasteiger partial charge on any atom is 0.135 e. The van der Waals surface area contributed by atoms with Crippen LogP contribution in [0.5, 0.6) is 0 Å². The van der Waals surface area contributed by atoms with Gasteiger partial charge in [-0.2, -0.15) is 0 Å². The van der Waals surface area contributed by atoms with Crippen molar-refractivity contribution in [3.05, 3.63) is 66.4 Å². The quantitative estimate of drug-likeness (QED) is 0.756. The second-order valence-corrected chi connectivity index (χ2v) is 6.49. The fourth-order valence-corrected chi connectivity index (χ4v) is 3.23. The lowest BCUT2D eigenvalue weighted by molar-refractivity contribution is 0.0408. The van der Waals surface area contributed by atoms with Crippen LogP contribution >= 0.6 is 0 Å². The molecule has 1 aliphatic heterocycles. The fraction of sp³-hybridized carbons (Fsp3) is 0.333. The van der Waals surface area contributed by atoms with Gasteiger partial charge in [-0.3, -0.25) is 0 Å². The first-order valence-corrected chi connectivity index (χ1v) is 8.38. The second-order valence-electron chi connectivity index (χ2n) is 6.49. The zero-order valence-electron chi connectivity index (χ0n) is 13.9. The van der Waals surface area contributed by atoms with Gasteiger partial charge in [-0.25, -0.2) is 14.6 Å². The molecule has 1 saturated heterocycles. The third-order valence-electron chi connectivity index (χ3n) is 4.48. The van der Waals surface area contributed by atoms with Crippen LogP contribution in [0.15, 0.2) is 55.0 Å². The predicted octanol–water partition coefficient (Wildman–Crippen LogP) is 1.30. The zero-order valence-corrected chi connectivity index (χ0v) is 13.9. The minimum Gasteiger partial charge on any atom is -0.386 e. The Bertz CT molecular complexity index is 823. The Hall–Kier alpha value is -2.80. The van der Waals surface area contributed by atoms with Gasteiger partial charge in [-0.1, -0.05) is 35.5 Å². The van der Waals surface area contributed by atoms with E-state index in [-0.39, 0.29) is 0 Å². The average molecular weight is 336 g/mol. The van der Waals surface area contributed by atoms with Crippen molar-refractivity contribution in [2.45, 2.75) is 25.0 Å². The highest BCUT2D eigenvalue weighted by Crippen LogP contribution is 2.26. The predicted molar refractivity (Wildman–Crippen MR) is 93.1 cm³/mol. The summed E-state index contributed by atoms with van der Waals surface area (Å²) in [5.74, 6) is 1.64. The van der Waals surface area contributed by atoms with Crippen LogP contribution in [0, 0.1) is 0 Å². The molecule has 1 unspecified atom stereocenters. The highest BCUT2D eigenvalue weighted by molar-refractivity contribution is 5.40. The van der Waals surface area contributed by atoms with E-state index in [9.17, 15) is 5.11 Å². The second kappa shape index (κ2) is 6.60. The monoisotopic (exact) mass is 336 g/mol. The topological polar surface area (TPSA) is 80.0 Å². The lowest BCUT2D eigenvalue weighted by Crippen LogP contribution is -2.38. The molecule has 0 radical (unpaired) electrons. The molecule has 0 bridgehead atoms. The van der Waals surface area contributed by atoms with E-state index in [1.807, 2.05) is 24.3 Å². The summed E-state index contributed by atoms with van der Waals surface area (Å²) in [6.45, 7) is 1.72. The van der Waals surface area contributed by atoms with Crippen molar-refractivity contribution in [3.63, 3.8) is 0 Å². The highest BCUT2D eigenvalue weighted by Gasteiger charge is 2.37. The van der Waals surface area contributed by atoms with Crippen molar-refractivity contribution in [2.75, 3.05) is 18.0 Å². The third kappa shape index (κ3) is 3.66. The lowest BCUT2D eigenvalue weighted by Gasteiger charge is -2.23. The maximum atomic E-state index is 10.8. The van der Waals surface area contributed by atoms with Gasteiger partial charge in [-0.05, 0) is 18.1 Å². The van der Waals surface area contributed by atoms with Gasteiger partial charge in [0.1, 0.15) is 17.2 Å². The Morgan fingerprint density at radius 3 is 2.80 bits per heavy atom. The summed E-state index contributed by atoms with van der Waals surface area (Å²) < 4.78 is 1.67. The van der Waals surface area contributed by atoms with Crippen LogP contribution in [-0.2, 0) is 13.0 Å². The number of aromatic nitrogens is 5. The fourth-order valence-electron chi connectivity index (χ4n) is 3.23. The van der Waals surface area contributed by atoms with Crippen LogP contribution in [0.3, 0.4) is 0 Å². The van der Waals surface area contributed by atoms with E-state index in [0.29, 0.717) is 25.9 Å². The van der Waals surface area contributed by atoms with Gasteiger partial charge in [0, 0.05) is 31.9 Å². The van der Waals surface area contributed by atoms with Gasteiger partial charge in [0.25, 0.3) is 0 Å². The van der Waals surface area contributed by atoms with E-state index in [2.05, 4.69) is 37.3 Å². The van der Waals surface area contributed by atoms with Crippen LogP contribution in [-0.4, -0.2) is 48.8 Å². The summed E-state index contributed by atoms with van der Waals surface area (Å²) in [6, 6.07) is 12.1. The van der Waals surface area contributed by atoms with Gasteiger partial charge < -0.3 is 10.0 Å². The SMILES string of the molecule is OC1(Cn2ccnn2)CCN(c2ccnc(Cc3ccccc3)n2)C1. The number of hydrogen-bond donors (Lipinski definition) is 1. The molecule has 2 aromatic heterocycles. The van der Waals surface area contributed by atoms with E-state index in [4.69, 9.17) is 0 Å². The maximum absolute atomic E-state index is 10.8. The number of anilines is 1. The first kappa shape index (κ1) is 15.7. The molecule has 0 amide bonds. The molecular weight excluding hydrogens is 316 g/mol. The molecule has 7 heteroatoms. The molecule has 1 N–H and O–H groups in total. The number of rotatable bonds is 5. The summed E-state index contributed by atoms with van der Waals surface area (Å²) in [4.78, 5) is 11.2. The van der Waals surface area contributed by atoms with Crippen LogP contribution in [0.25, 0.3) is 0 Å². The number of hydrogen-bond acceptors (Lipinski definition) is 6. The lowest BCUT2D eigenvalue weighted by atomic mass is 10.0. The van der Waals surface area contributed by atoms with E-state index in [1.165, 1.54) is 5.56 Å². The number of benzene rings is 1. The smallest absolute Gasteiger partial charge is 0.135 e. The van der Waals surface area contributed by atoms with E-state index < -0.39 is 5.60 Å². The van der Waals surface area contributed by atoms with Crippen molar-refractivity contribution in [2.24, 2.45) is 0 Å². The minimum atomic E-state index is -0.821. The Morgan fingerprint density at radius 1 is 1.12 bits per heavy atom. The van der Waals surface area contributed by atoms with Gasteiger partial charge in [0.15, 0.2) is 0 Å². The van der Waals surface area contributed by atoms with Crippen LogP contribution in [0.2, 0.25) is 0 Å². The molecule has 1 aromatic carbocycles. The Balaban J connectivity index is 1.46. The van der Waals surface area contributed by atoms with E-state index in [0.717, 1.165) is 18.2 Å².